The van der Waals surface area contributed by atoms with Crippen molar-refractivity contribution >= 4 is 15.7 Å². The predicted molar refractivity (Wildman–Crippen MR) is 78.9 cm³/mol. The monoisotopic (exact) mass is 298 g/mol. The van der Waals surface area contributed by atoms with Crippen LogP contribution in [0.5, 0.6) is 0 Å². The number of nitrogens with one attached hydrogen (secondary N) is 1. The molecule has 0 aliphatic heterocycles. The summed E-state index contributed by atoms with van der Waals surface area (Å²) in [7, 11) is -3.64. The lowest BCUT2D eigenvalue weighted by molar-refractivity contribution is 0.101. The second kappa shape index (κ2) is 5.71. The summed E-state index contributed by atoms with van der Waals surface area (Å²) in [5, 5.41) is 9.88. The van der Waals surface area contributed by atoms with E-state index in [2.05, 4.69) is 4.72 Å². The van der Waals surface area contributed by atoms with Gasteiger partial charge in [-0.1, -0.05) is 12.8 Å². The maximum atomic E-state index is 12.4. The van der Waals surface area contributed by atoms with Gasteiger partial charge < -0.3 is 10.8 Å². The van der Waals surface area contributed by atoms with Gasteiger partial charge in [0.25, 0.3) is 0 Å². The molecule has 4 N–H and O–H groups in total. The number of nitrogens with two attached hydrogens (primary N) is 1. The van der Waals surface area contributed by atoms with Crippen LogP contribution >= 0.6 is 0 Å². The standard InChI is InChI=1S/C14H22N2O3S/c1-9-7-11(8-12(15)10(9)2)20(18,19)16-13-5-3-4-6-14(13)17/h7-8,13-14,16-17H,3-6,15H2,1-2H3/t13-,14-/m0/s1. The van der Waals surface area contributed by atoms with E-state index in [9.17, 15) is 13.5 Å². The van der Waals surface area contributed by atoms with E-state index in [0.29, 0.717) is 18.5 Å². The van der Waals surface area contributed by atoms with Gasteiger partial charge in [0.2, 0.25) is 10.0 Å². The number of nitrogen functional groups attached to an aromatic ring is 1. The molecule has 0 bridgehead atoms. The minimum absolute atomic E-state index is 0.163. The molecule has 1 fully saturated rings. The van der Waals surface area contributed by atoms with E-state index in [0.717, 1.165) is 24.0 Å². The fraction of sp³-hybridized carbons (Fsp3) is 0.571. The minimum atomic E-state index is -3.64. The number of hydrogen-bond donors (Lipinski definition) is 3. The van der Waals surface area contributed by atoms with Crippen molar-refractivity contribution in [1.29, 1.82) is 0 Å². The molecule has 2 atom stereocenters. The average Bonchev–Trinajstić information content (AvgIpc) is 2.38. The first-order valence-electron chi connectivity index (χ1n) is 6.88. The van der Waals surface area contributed by atoms with E-state index in [-0.39, 0.29) is 4.90 Å². The van der Waals surface area contributed by atoms with Crippen molar-refractivity contribution in [2.45, 2.75) is 56.6 Å². The maximum Gasteiger partial charge on any atom is 0.240 e. The molecule has 112 valence electrons. The first kappa shape index (κ1) is 15.3. The Kier molecular flexibility index (Phi) is 4.36. The lowest BCUT2D eigenvalue weighted by atomic mass is 9.93. The fourth-order valence-corrected chi connectivity index (χ4v) is 3.95. The van der Waals surface area contributed by atoms with E-state index in [4.69, 9.17) is 5.73 Å². The molecule has 0 radical (unpaired) electrons. The number of hydrogen-bond acceptors (Lipinski definition) is 4. The molecule has 6 heteroatoms. The van der Waals surface area contributed by atoms with E-state index in [1.165, 1.54) is 6.07 Å². The number of aliphatic hydroxyl groups excluding tert-OH is 1. The molecule has 1 aromatic carbocycles. The Balaban J connectivity index is 2.26. The molecule has 2 rings (SSSR count). The fourth-order valence-electron chi connectivity index (χ4n) is 2.52. The largest absolute Gasteiger partial charge is 0.398 e. The van der Waals surface area contributed by atoms with Gasteiger partial charge in [-0.05, 0) is 49.9 Å². The van der Waals surface area contributed by atoms with E-state index in [1.54, 1.807) is 6.07 Å². The van der Waals surface area contributed by atoms with Gasteiger partial charge in [-0.3, -0.25) is 0 Å². The van der Waals surface area contributed by atoms with Crippen LogP contribution in [0.15, 0.2) is 17.0 Å². The minimum Gasteiger partial charge on any atom is -0.398 e. The lowest BCUT2D eigenvalue weighted by Crippen LogP contribution is -2.44. The number of sulfonamides is 1. The van der Waals surface area contributed by atoms with Crippen LogP contribution in [-0.4, -0.2) is 25.7 Å². The zero-order valence-electron chi connectivity index (χ0n) is 11.9. The molecule has 20 heavy (non-hydrogen) atoms. The van der Waals surface area contributed by atoms with Gasteiger partial charge in [0, 0.05) is 11.7 Å². The van der Waals surface area contributed by atoms with Crippen LogP contribution in [0, 0.1) is 13.8 Å². The third-order valence-electron chi connectivity index (χ3n) is 4.03. The average molecular weight is 298 g/mol. The number of rotatable bonds is 3. The Morgan fingerprint density at radius 3 is 2.50 bits per heavy atom. The first-order valence-corrected chi connectivity index (χ1v) is 8.36. The van der Waals surface area contributed by atoms with Crippen molar-refractivity contribution in [2.24, 2.45) is 0 Å². The number of anilines is 1. The van der Waals surface area contributed by atoms with E-state index >= 15 is 0 Å². The van der Waals surface area contributed by atoms with Crippen molar-refractivity contribution in [2.75, 3.05) is 5.73 Å². The second-order valence-electron chi connectivity index (χ2n) is 5.53. The molecule has 5 nitrogen and oxygen atoms in total. The number of aliphatic hydroxyl groups is 1. The highest BCUT2D eigenvalue weighted by molar-refractivity contribution is 7.89. The third kappa shape index (κ3) is 3.13. The molecule has 1 saturated carbocycles. The van der Waals surface area contributed by atoms with Gasteiger partial charge in [-0.15, -0.1) is 0 Å². The van der Waals surface area contributed by atoms with E-state index in [1.807, 2.05) is 13.8 Å². The van der Waals surface area contributed by atoms with Gasteiger partial charge in [-0.25, -0.2) is 13.1 Å². The highest BCUT2D eigenvalue weighted by atomic mass is 32.2. The van der Waals surface area contributed by atoms with Crippen LogP contribution < -0.4 is 10.5 Å². The molecule has 0 unspecified atom stereocenters. The molecule has 0 heterocycles. The van der Waals surface area contributed by atoms with Gasteiger partial charge in [0.15, 0.2) is 0 Å². The van der Waals surface area contributed by atoms with Crippen molar-refractivity contribution < 1.29 is 13.5 Å². The van der Waals surface area contributed by atoms with Crippen LogP contribution in [0.4, 0.5) is 5.69 Å². The van der Waals surface area contributed by atoms with Crippen LogP contribution in [0.2, 0.25) is 0 Å². The molecule has 0 saturated heterocycles. The molecule has 1 aliphatic rings. The van der Waals surface area contributed by atoms with Gasteiger partial charge in [-0.2, -0.15) is 0 Å². The summed E-state index contributed by atoms with van der Waals surface area (Å²) < 4.78 is 27.4. The summed E-state index contributed by atoms with van der Waals surface area (Å²) in [6, 6.07) is 2.68. The van der Waals surface area contributed by atoms with Gasteiger partial charge >= 0.3 is 0 Å². The first-order chi connectivity index (χ1) is 9.31. The number of benzene rings is 1. The summed E-state index contributed by atoms with van der Waals surface area (Å²) in [5.74, 6) is 0. The van der Waals surface area contributed by atoms with Crippen LogP contribution in [-0.2, 0) is 10.0 Å². The molecule has 1 aliphatic carbocycles. The lowest BCUT2D eigenvalue weighted by Gasteiger charge is -2.28. The summed E-state index contributed by atoms with van der Waals surface area (Å²) in [4.78, 5) is 0.163. The zero-order chi connectivity index (χ0) is 14.9. The Morgan fingerprint density at radius 2 is 1.90 bits per heavy atom. The molecule has 0 aromatic heterocycles. The summed E-state index contributed by atoms with van der Waals surface area (Å²) in [6.45, 7) is 3.69. The Labute approximate surface area is 120 Å². The quantitative estimate of drug-likeness (QED) is 0.737. The topological polar surface area (TPSA) is 92.4 Å². The summed E-state index contributed by atoms with van der Waals surface area (Å²) in [5.41, 5.74) is 8.04. The van der Waals surface area contributed by atoms with Gasteiger partial charge in [0.05, 0.1) is 11.0 Å². The highest BCUT2D eigenvalue weighted by Gasteiger charge is 2.28. The second-order valence-corrected chi connectivity index (χ2v) is 7.25. The molecule has 1 aromatic rings. The zero-order valence-corrected chi connectivity index (χ0v) is 12.7. The summed E-state index contributed by atoms with van der Waals surface area (Å²) >= 11 is 0. The van der Waals surface area contributed by atoms with Crippen molar-refractivity contribution in [3.63, 3.8) is 0 Å². The SMILES string of the molecule is Cc1cc(S(=O)(=O)N[C@H]2CCCC[C@@H]2O)cc(N)c1C. The molecule has 0 amide bonds. The van der Waals surface area contributed by atoms with Crippen LogP contribution in [0.25, 0.3) is 0 Å². The predicted octanol–water partition coefficient (Wildman–Crippen LogP) is 1.47. The van der Waals surface area contributed by atoms with Crippen molar-refractivity contribution in [3.8, 4) is 0 Å². The van der Waals surface area contributed by atoms with Crippen molar-refractivity contribution in [1.82, 2.24) is 4.72 Å². The van der Waals surface area contributed by atoms with Crippen molar-refractivity contribution in [3.05, 3.63) is 23.3 Å². The van der Waals surface area contributed by atoms with Crippen LogP contribution in [0.3, 0.4) is 0 Å². The third-order valence-corrected chi connectivity index (χ3v) is 5.50. The highest BCUT2D eigenvalue weighted by Crippen LogP contribution is 2.24. The van der Waals surface area contributed by atoms with Gasteiger partial charge in [0.1, 0.15) is 0 Å². The van der Waals surface area contributed by atoms with Crippen LogP contribution in [0.1, 0.15) is 36.8 Å². The van der Waals surface area contributed by atoms with E-state index < -0.39 is 22.2 Å². The smallest absolute Gasteiger partial charge is 0.240 e. The maximum absolute atomic E-state index is 12.4. The number of aryl methyl sites for hydroxylation is 1. The normalized spacial score (nSPS) is 23.8. The Bertz CT molecular complexity index is 575. The molecule has 0 spiro atoms. The Morgan fingerprint density at radius 1 is 1.25 bits per heavy atom. The molecular weight excluding hydrogens is 276 g/mol. The summed E-state index contributed by atoms with van der Waals surface area (Å²) in [6.07, 6.45) is 2.57. The molecular formula is C14H22N2O3S. The Hall–Kier alpha value is -1.11.